The predicted octanol–water partition coefficient (Wildman–Crippen LogP) is 3.05. The summed E-state index contributed by atoms with van der Waals surface area (Å²) in [6, 6.07) is 9.86. The van der Waals surface area contributed by atoms with Gasteiger partial charge < -0.3 is 15.1 Å². The van der Waals surface area contributed by atoms with Crippen LogP contribution in [-0.4, -0.2) is 23.4 Å². The summed E-state index contributed by atoms with van der Waals surface area (Å²) in [4.78, 5) is 14.3. The standard InChI is InChI=1S/C17H22N2O2/c1-19(16(20)17(18)9-5-2-6-10-17)12-14-11-13-7-3-4-8-15(13)21-14/h3-4,7-8,11H,2,5-6,9-10,12,18H2,1H3. The van der Waals surface area contributed by atoms with Gasteiger partial charge in [0.15, 0.2) is 0 Å². The first-order chi connectivity index (χ1) is 10.1. The number of para-hydroxylation sites is 1. The van der Waals surface area contributed by atoms with Crippen molar-refractivity contribution in [1.29, 1.82) is 0 Å². The molecule has 0 aliphatic heterocycles. The number of nitrogens with two attached hydrogens (primary N) is 1. The van der Waals surface area contributed by atoms with Crippen molar-refractivity contribution in [2.24, 2.45) is 5.73 Å². The van der Waals surface area contributed by atoms with Crippen LogP contribution in [-0.2, 0) is 11.3 Å². The minimum absolute atomic E-state index is 0.0302. The van der Waals surface area contributed by atoms with Crippen molar-refractivity contribution in [3.05, 3.63) is 36.1 Å². The van der Waals surface area contributed by atoms with E-state index >= 15 is 0 Å². The van der Waals surface area contributed by atoms with Crippen molar-refractivity contribution in [2.45, 2.75) is 44.2 Å². The fourth-order valence-corrected chi connectivity index (χ4v) is 3.20. The third kappa shape index (κ3) is 2.81. The summed E-state index contributed by atoms with van der Waals surface area (Å²) in [5.74, 6) is 0.828. The maximum Gasteiger partial charge on any atom is 0.242 e. The summed E-state index contributed by atoms with van der Waals surface area (Å²) < 4.78 is 5.77. The molecule has 1 aromatic carbocycles. The zero-order valence-corrected chi connectivity index (χ0v) is 12.5. The van der Waals surface area contributed by atoms with Gasteiger partial charge >= 0.3 is 0 Å². The molecule has 21 heavy (non-hydrogen) atoms. The van der Waals surface area contributed by atoms with Crippen molar-refractivity contribution in [3.8, 4) is 0 Å². The lowest BCUT2D eigenvalue weighted by atomic mass is 9.81. The summed E-state index contributed by atoms with van der Waals surface area (Å²) in [7, 11) is 1.80. The van der Waals surface area contributed by atoms with Crippen LogP contribution in [0.2, 0.25) is 0 Å². The van der Waals surface area contributed by atoms with Crippen LogP contribution in [0.15, 0.2) is 34.7 Å². The maximum absolute atomic E-state index is 12.6. The normalized spacial score (nSPS) is 17.8. The van der Waals surface area contributed by atoms with E-state index in [2.05, 4.69) is 0 Å². The molecule has 3 rings (SSSR count). The van der Waals surface area contributed by atoms with Gasteiger partial charge in [-0.25, -0.2) is 0 Å². The minimum atomic E-state index is -0.682. The van der Waals surface area contributed by atoms with Crippen LogP contribution in [0.5, 0.6) is 0 Å². The topological polar surface area (TPSA) is 59.5 Å². The van der Waals surface area contributed by atoms with E-state index in [9.17, 15) is 4.79 Å². The monoisotopic (exact) mass is 286 g/mol. The fourth-order valence-electron chi connectivity index (χ4n) is 3.20. The first-order valence-corrected chi connectivity index (χ1v) is 7.60. The smallest absolute Gasteiger partial charge is 0.242 e. The Labute approximate surface area is 124 Å². The molecule has 112 valence electrons. The molecule has 2 N–H and O–H groups in total. The first-order valence-electron chi connectivity index (χ1n) is 7.60. The van der Waals surface area contributed by atoms with Crippen LogP contribution < -0.4 is 5.73 Å². The molecule has 0 bridgehead atoms. The highest BCUT2D eigenvalue weighted by Crippen LogP contribution is 2.28. The van der Waals surface area contributed by atoms with E-state index < -0.39 is 5.54 Å². The summed E-state index contributed by atoms with van der Waals surface area (Å²) >= 11 is 0. The lowest BCUT2D eigenvalue weighted by Crippen LogP contribution is -2.55. The lowest BCUT2D eigenvalue weighted by molar-refractivity contribution is -0.137. The molecule has 0 atom stereocenters. The number of likely N-dealkylation sites (N-methyl/N-ethyl adjacent to an activating group) is 1. The highest BCUT2D eigenvalue weighted by atomic mass is 16.3. The number of furan rings is 1. The number of hydrogen-bond donors (Lipinski definition) is 1. The van der Waals surface area contributed by atoms with Crippen molar-refractivity contribution in [3.63, 3.8) is 0 Å². The number of carbonyl (C=O) groups is 1. The van der Waals surface area contributed by atoms with E-state index in [1.165, 1.54) is 6.42 Å². The zero-order valence-electron chi connectivity index (χ0n) is 12.5. The van der Waals surface area contributed by atoms with Crippen LogP contribution in [0.1, 0.15) is 37.9 Å². The van der Waals surface area contributed by atoms with Crippen molar-refractivity contribution < 1.29 is 9.21 Å². The molecule has 4 heteroatoms. The van der Waals surface area contributed by atoms with Crippen molar-refractivity contribution >= 4 is 16.9 Å². The second-order valence-corrected chi connectivity index (χ2v) is 6.13. The Morgan fingerprint density at radius 3 is 2.71 bits per heavy atom. The molecule has 1 aliphatic carbocycles. The molecule has 1 aromatic heterocycles. The van der Waals surface area contributed by atoms with Gasteiger partial charge in [-0.15, -0.1) is 0 Å². The number of fused-ring (bicyclic) bond motifs is 1. The van der Waals surface area contributed by atoms with E-state index in [0.29, 0.717) is 6.54 Å². The third-order valence-corrected chi connectivity index (χ3v) is 4.39. The third-order valence-electron chi connectivity index (χ3n) is 4.39. The molecule has 2 aromatic rings. The molecule has 0 radical (unpaired) electrons. The van der Waals surface area contributed by atoms with Gasteiger partial charge in [0.2, 0.25) is 5.91 Å². The van der Waals surface area contributed by atoms with E-state index in [1.54, 1.807) is 11.9 Å². The van der Waals surface area contributed by atoms with Crippen LogP contribution in [0.4, 0.5) is 0 Å². The Kier molecular flexibility index (Phi) is 3.72. The molecule has 1 saturated carbocycles. The molecular formula is C17H22N2O2. The van der Waals surface area contributed by atoms with Gasteiger partial charge in [0.25, 0.3) is 0 Å². The molecule has 1 fully saturated rings. The molecule has 0 saturated heterocycles. The number of benzene rings is 1. The highest BCUT2D eigenvalue weighted by Gasteiger charge is 2.37. The van der Waals surface area contributed by atoms with E-state index in [-0.39, 0.29) is 5.91 Å². The average Bonchev–Trinajstić information content (AvgIpc) is 2.89. The van der Waals surface area contributed by atoms with Gasteiger partial charge in [-0.3, -0.25) is 4.79 Å². The summed E-state index contributed by atoms with van der Waals surface area (Å²) in [5.41, 5.74) is 6.48. The highest BCUT2D eigenvalue weighted by molar-refractivity contribution is 5.86. The largest absolute Gasteiger partial charge is 0.459 e. The maximum atomic E-state index is 12.6. The molecule has 1 amide bonds. The van der Waals surface area contributed by atoms with Crippen molar-refractivity contribution in [2.75, 3.05) is 7.05 Å². The lowest BCUT2D eigenvalue weighted by Gasteiger charge is -2.35. The van der Waals surface area contributed by atoms with Gasteiger partial charge in [-0.2, -0.15) is 0 Å². The van der Waals surface area contributed by atoms with E-state index in [4.69, 9.17) is 10.2 Å². The van der Waals surface area contributed by atoms with Crippen LogP contribution in [0.25, 0.3) is 11.0 Å². The van der Waals surface area contributed by atoms with Gasteiger partial charge in [-0.05, 0) is 25.0 Å². The summed E-state index contributed by atoms with van der Waals surface area (Å²) in [5, 5.41) is 1.06. The number of amides is 1. The van der Waals surface area contributed by atoms with Crippen LogP contribution in [0.3, 0.4) is 0 Å². The zero-order chi connectivity index (χ0) is 14.9. The number of nitrogens with zero attached hydrogens (tertiary/aromatic N) is 1. The molecule has 0 unspecified atom stereocenters. The van der Waals surface area contributed by atoms with Gasteiger partial charge in [-0.1, -0.05) is 37.5 Å². The van der Waals surface area contributed by atoms with Crippen LogP contribution >= 0.6 is 0 Å². The second kappa shape index (κ2) is 5.53. The van der Waals surface area contributed by atoms with Gasteiger partial charge in [0.1, 0.15) is 11.3 Å². The molecule has 1 aliphatic rings. The SMILES string of the molecule is CN(Cc1cc2ccccc2o1)C(=O)C1(N)CCCCC1. The Morgan fingerprint density at radius 1 is 1.29 bits per heavy atom. The Hall–Kier alpha value is -1.81. The van der Waals surface area contributed by atoms with Gasteiger partial charge in [0, 0.05) is 12.4 Å². The second-order valence-electron chi connectivity index (χ2n) is 6.13. The molecular weight excluding hydrogens is 264 g/mol. The number of hydrogen-bond acceptors (Lipinski definition) is 3. The Morgan fingerprint density at radius 2 is 2.00 bits per heavy atom. The quantitative estimate of drug-likeness (QED) is 0.943. The minimum Gasteiger partial charge on any atom is -0.459 e. The van der Waals surface area contributed by atoms with Crippen molar-refractivity contribution in [1.82, 2.24) is 4.90 Å². The first kappa shape index (κ1) is 14.1. The summed E-state index contributed by atoms with van der Waals surface area (Å²) in [6.45, 7) is 0.465. The van der Waals surface area contributed by atoms with E-state index in [0.717, 1.165) is 42.4 Å². The number of carbonyl (C=O) groups excluding carboxylic acids is 1. The fraction of sp³-hybridized carbons (Fsp3) is 0.471. The Bertz CT molecular complexity index is 608. The van der Waals surface area contributed by atoms with Gasteiger partial charge in [0.05, 0.1) is 12.1 Å². The molecule has 4 nitrogen and oxygen atoms in total. The van der Waals surface area contributed by atoms with E-state index in [1.807, 2.05) is 30.3 Å². The molecule has 1 heterocycles. The Balaban J connectivity index is 1.73. The predicted molar refractivity (Wildman–Crippen MR) is 82.7 cm³/mol. The molecule has 0 spiro atoms. The summed E-state index contributed by atoms with van der Waals surface area (Å²) in [6.07, 6.45) is 4.84. The number of rotatable bonds is 3. The van der Waals surface area contributed by atoms with Crippen LogP contribution in [0, 0.1) is 0 Å². The average molecular weight is 286 g/mol.